The van der Waals surface area contributed by atoms with Crippen molar-refractivity contribution in [1.29, 1.82) is 0 Å². The second-order valence-electron chi connectivity index (χ2n) is 3.63. The summed E-state index contributed by atoms with van der Waals surface area (Å²) in [5, 5.41) is -0.191. The Kier molecular flexibility index (Phi) is 2.49. The van der Waals surface area contributed by atoms with Crippen LogP contribution in [0.15, 0.2) is 23.1 Å². The molecule has 0 saturated carbocycles. The number of sulfone groups is 1. The minimum atomic E-state index is -3.83. The van der Waals surface area contributed by atoms with Gasteiger partial charge in [-0.1, -0.05) is 23.7 Å². The maximum absolute atomic E-state index is 13.7. The number of nitrogens with two attached hydrogens (primary N) is 1. The molecule has 16 heavy (non-hydrogen) atoms. The van der Waals surface area contributed by atoms with Crippen molar-refractivity contribution < 1.29 is 17.2 Å². The van der Waals surface area contributed by atoms with Gasteiger partial charge >= 0.3 is 0 Å². The summed E-state index contributed by atoms with van der Waals surface area (Å²) < 4.78 is 50.7. The highest BCUT2D eigenvalue weighted by molar-refractivity contribution is 7.91. The van der Waals surface area contributed by atoms with E-state index in [0.29, 0.717) is 0 Å². The van der Waals surface area contributed by atoms with Crippen LogP contribution in [0.3, 0.4) is 0 Å². The van der Waals surface area contributed by atoms with Crippen molar-refractivity contribution in [2.24, 2.45) is 5.73 Å². The molecule has 1 atom stereocenters. The first kappa shape index (κ1) is 11.8. The third-order valence-electron chi connectivity index (χ3n) is 2.50. The Morgan fingerprint density at radius 2 is 2.06 bits per heavy atom. The first-order chi connectivity index (χ1) is 7.27. The molecule has 1 unspecified atom stereocenters. The number of alkyl halides is 2. The maximum Gasteiger partial charge on any atom is 0.290 e. The van der Waals surface area contributed by atoms with Gasteiger partial charge in [-0.15, -0.1) is 0 Å². The lowest BCUT2D eigenvalue weighted by Gasteiger charge is -2.30. The van der Waals surface area contributed by atoms with Crippen molar-refractivity contribution in [3.8, 4) is 0 Å². The molecule has 7 heteroatoms. The van der Waals surface area contributed by atoms with Gasteiger partial charge in [0.2, 0.25) is 0 Å². The van der Waals surface area contributed by atoms with E-state index in [1.165, 1.54) is 12.1 Å². The number of fused-ring (bicyclic) bond motifs is 1. The Hall–Kier alpha value is -0.720. The van der Waals surface area contributed by atoms with Gasteiger partial charge in [-0.25, -0.2) is 8.42 Å². The van der Waals surface area contributed by atoms with Crippen molar-refractivity contribution in [1.82, 2.24) is 0 Å². The normalized spacial score (nSPS) is 26.1. The zero-order valence-corrected chi connectivity index (χ0v) is 9.52. The first-order valence-electron chi connectivity index (χ1n) is 4.42. The Morgan fingerprint density at radius 1 is 1.44 bits per heavy atom. The molecule has 0 fully saturated rings. The minimum absolute atomic E-state index is 0.191. The summed E-state index contributed by atoms with van der Waals surface area (Å²) in [7, 11) is -3.83. The van der Waals surface area contributed by atoms with Gasteiger partial charge in [0.05, 0.1) is 21.7 Å². The van der Waals surface area contributed by atoms with Crippen LogP contribution < -0.4 is 5.73 Å². The van der Waals surface area contributed by atoms with Crippen molar-refractivity contribution in [3.05, 3.63) is 28.8 Å². The summed E-state index contributed by atoms with van der Waals surface area (Å²) in [6, 6.07) is 1.86. The fraction of sp³-hybridized carbons (Fsp3) is 0.333. The standard InChI is InChI=1S/C9H8ClF2NO2S/c10-6-3-1-2-5-8(6)16(14,15)4-7(13)9(5,11)12/h1-3,7H,4,13H2. The summed E-state index contributed by atoms with van der Waals surface area (Å²) in [5.74, 6) is -4.16. The van der Waals surface area contributed by atoms with Gasteiger partial charge in [0.1, 0.15) is 0 Å². The molecule has 0 aliphatic carbocycles. The molecule has 0 amide bonds. The SMILES string of the molecule is NC1CS(=O)(=O)c2c(Cl)cccc2C1(F)F. The Bertz CT molecular complexity index is 544. The molecule has 0 saturated heterocycles. The second kappa shape index (κ2) is 3.38. The molecule has 0 aromatic heterocycles. The van der Waals surface area contributed by atoms with Crippen LogP contribution in [0.5, 0.6) is 0 Å². The van der Waals surface area contributed by atoms with E-state index in [0.717, 1.165) is 6.07 Å². The lowest BCUT2D eigenvalue weighted by atomic mass is 10.0. The number of halogens is 3. The van der Waals surface area contributed by atoms with Crippen LogP contribution in [0.4, 0.5) is 8.78 Å². The van der Waals surface area contributed by atoms with Gasteiger partial charge in [-0.3, -0.25) is 0 Å². The van der Waals surface area contributed by atoms with Gasteiger partial charge in [-0.05, 0) is 6.07 Å². The van der Waals surface area contributed by atoms with E-state index >= 15 is 0 Å². The average molecular weight is 268 g/mol. The van der Waals surface area contributed by atoms with Crippen LogP contribution in [-0.2, 0) is 15.8 Å². The summed E-state index contributed by atoms with van der Waals surface area (Å²) in [5.41, 5.74) is 4.57. The lowest BCUT2D eigenvalue weighted by molar-refractivity contribution is -0.0298. The zero-order chi connectivity index (χ0) is 12.1. The van der Waals surface area contributed by atoms with Crippen molar-refractivity contribution in [2.75, 3.05) is 5.75 Å². The molecule has 1 heterocycles. The van der Waals surface area contributed by atoms with E-state index < -0.39 is 38.0 Å². The zero-order valence-electron chi connectivity index (χ0n) is 7.95. The lowest BCUT2D eigenvalue weighted by Crippen LogP contribution is -2.48. The van der Waals surface area contributed by atoms with Crippen molar-refractivity contribution >= 4 is 21.4 Å². The van der Waals surface area contributed by atoms with Crippen molar-refractivity contribution in [3.63, 3.8) is 0 Å². The molecule has 0 radical (unpaired) electrons. The Balaban J connectivity index is 2.83. The Morgan fingerprint density at radius 3 is 2.69 bits per heavy atom. The summed E-state index contributed by atoms with van der Waals surface area (Å²) in [4.78, 5) is -0.497. The number of benzene rings is 1. The molecule has 88 valence electrons. The Labute approximate surface area is 96.1 Å². The molecule has 1 aliphatic rings. The minimum Gasteiger partial charge on any atom is -0.322 e. The first-order valence-corrected chi connectivity index (χ1v) is 6.45. The van der Waals surface area contributed by atoms with Gasteiger partial charge < -0.3 is 5.73 Å². The summed E-state index contributed by atoms with van der Waals surface area (Å²) in [6.45, 7) is 0. The summed E-state index contributed by atoms with van der Waals surface area (Å²) in [6.07, 6.45) is 0. The smallest absolute Gasteiger partial charge is 0.290 e. The molecule has 2 N–H and O–H groups in total. The van der Waals surface area contributed by atoms with Crippen LogP contribution in [0, 0.1) is 0 Å². The van der Waals surface area contributed by atoms with Crippen LogP contribution in [0.2, 0.25) is 5.02 Å². The van der Waals surface area contributed by atoms with E-state index in [2.05, 4.69) is 0 Å². The largest absolute Gasteiger partial charge is 0.322 e. The van der Waals surface area contributed by atoms with E-state index in [-0.39, 0.29) is 5.02 Å². The second-order valence-corrected chi connectivity index (χ2v) is 6.01. The van der Waals surface area contributed by atoms with E-state index in [4.69, 9.17) is 17.3 Å². The van der Waals surface area contributed by atoms with Crippen LogP contribution in [0.1, 0.15) is 5.56 Å². The van der Waals surface area contributed by atoms with E-state index in [1.54, 1.807) is 0 Å². The average Bonchev–Trinajstić information content (AvgIpc) is 2.14. The number of rotatable bonds is 0. The fourth-order valence-electron chi connectivity index (χ4n) is 1.71. The predicted molar refractivity (Wildman–Crippen MR) is 55.4 cm³/mol. The molecule has 0 bridgehead atoms. The highest BCUT2D eigenvalue weighted by Crippen LogP contribution is 2.43. The molecule has 0 spiro atoms. The molecule has 3 nitrogen and oxygen atoms in total. The maximum atomic E-state index is 13.7. The quantitative estimate of drug-likeness (QED) is 0.776. The van der Waals surface area contributed by atoms with Gasteiger partial charge in [0.15, 0.2) is 9.84 Å². The third-order valence-corrected chi connectivity index (χ3v) is 4.79. The molecule has 2 rings (SSSR count). The van der Waals surface area contributed by atoms with Gasteiger partial charge in [0.25, 0.3) is 5.92 Å². The number of hydrogen-bond donors (Lipinski definition) is 1. The molecule has 1 aromatic carbocycles. The van der Waals surface area contributed by atoms with Crippen LogP contribution in [0.25, 0.3) is 0 Å². The monoisotopic (exact) mass is 267 g/mol. The summed E-state index contributed by atoms with van der Waals surface area (Å²) >= 11 is 5.65. The fourth-order valence-corrected chi connectivity index (χ4v) is 3.99. The van der Waals surface area contributed by atoms with E-state index in [1.807, 2.05) is 0 Å². The van der Waals surface area contributed by atoms with Crippen LogP contribution >= 0.6 is 11.6 Å². The third kappa shape index (κ3) is 1.52. The molecular weight excluding hydrogens is 260 g/mol. The van der Waals surface area contributed by atoms with Gasteiger partial charge in [0, 0.05) is 5.56 Å². The predicted octanol–water partition coefficient (Wildman–Crippen LogP) is 1.55. The highest BCUT2D eigenvalue weighted by atomic mass is 35.5. The van der Waals surface area contributed by atoms with Crippen molar-refractivity contribution in [2.45, 2.75) is 16.9 Å². The number of hydrogen-bond acceptors (Lipinski definition) is 3. The molecule has 1 aromatic rings. The van der Waals surface area contributed by atoms with Crippen LogP contribution in [-0.4, -0.2) is 20.2 Å². The molecular formula is C9H8ClF2NO2S. The van der Waals surface area contributed by atoms with E-state index in [9.17, 15) is 17.2 Å². The molecule has 1 aliphatic heterocycles. The highest BCUT2D eigenvalue weighted by Gasteiger charge is 2.50. The van der Waals surface area contributed by atoms with Gasteiger partial charge in [-0.2, -0.15) is 8.78 Å². The topological polar surface area (TPSA) is 60.2 Å².